The van der Waals surface area contributed by atoms with Crippen molar-refractivity contribution in [2.45, 2.75) is 20.0 Å². The number of benzene rings is 2. The molecule has 24 heavy (non-hydrogen) atoms. The summed E-state index contributed by atoms with van der Waals surface area (Å²) in [4.78, 5) is 14.4. The molecule has 1 aromatic heterocycles. The maximum Gasteiger partial charge on any atom is 0.240 e. The van der Waals surface area contributed by atoms with Crippen LogP contribution in [0.25, 0.3) is 10.9 Å². The number of rotatable bonds is 5. The van der Waals surface area contributed by atoms with Crippen molar-refractivity contribution in [2.75, 3.05) is 19.0 Å². The Morgan fingerprint density at radius 2 is 1.79 bits per heavy atom. The lowest BCUT2D eigenvalue weighted by Crippen LogP contribution is -2.27. The highest BCUT2D eigenvalue weighted by molar-refractivity contribution is 5.84. The third-order valence-corrected chi connectivity index (χ3v) is 4.26. The lowest BCUT2D eigenvalue weighted by atomic mass is 10.2. The van der Waals surface area contributed by atoms with Crippen LogP contribution < -0.4 is 10.2 Å². The smallest absolute Gasteiger partial charge is 0.240 e. The summed E-state index contributed by atoms with van der Waals surface area (Å²) in [5, 5.41) is 4.17. The molecule has 0 saturated carbocycles. The molecule has 4 nitrogen and oxygen atoms in total. The van der Waals surface area contributed by atoms with Gasteiger partial charge in [-0.3, -0.25) is 4.79 Å². The highest BCUT2D eigenvalue weighted by Crippen LogP contribution is 2.19. The van der Waals surface area contributed by atoms with Crippen molar-refractivity contribution >= 4 is 22.5 Å². The van der Waals surface area contributed by atoms with Crippen molar-refractivity contribution in [1.82, 2.24) is 9.88 Å². The van der Waals surface area contributed by atoms with Crippen molar-refractivity contribution < 1.29 is 4.79 Å². The Balaban J connectivity index is 1.64. The van der Waals surface area contributed by atoms with Crippen molar-refractivity contribution in [1.29, 1.82) is 0 Å². The fourth-order valence-electron chi connectivity index (χ4n) is 2.87. The largest absolute Gasteiger partial charge is 0.378 e. The van der Waals surface area contributed by atoms with E-state index in [9.17, 15) is 4.79 Å². The maximum atomic E-state index is 12.3. The molecule has 0 aliphatic carbocycles. The Labute approximate surface area is 142 Å². The topological polar surface area (TPSA) is 37.3 Å². The van der Waals surface area contributed by atoms with E-state index in [-0.39, 0.29) is 5.91 Å². The second-order valence-electron chi connectivity index (χ2n) is 6.27. The van der Waals surface area contributed by atoms with Crippen LogP contribution in [0, 0.1) is 6.92 Å². The molecular weight excluding hydrogens is 298 g/mol. The summed E-state index contributed by atoms with van der Waals surface area (Å²) in [6, 6.07) is 18.5. The van der Waals surface area contributed by atoms with Gasteiger partial charge in [0.2, 0.25) is 5.91 Å². The standard InChI is InChI=1S/C20H23N3O/c1-15-12-17-6-4-5-7-19(17)23(15)14-20(24)21-13-16-8-10-18(11-9-16)22(2)3/h4-12H,13-14H2,1-3H3,(H,21,24). The zero-order chi connectivity index (χ0) is 17.1. The van der Waals surface area contributed by atoms with Gasteiger partial charge < -0.3 is 14.8 Å². The fraction of sp³-hybridized carbons (Fsp3) is 0.250. The first-order valence-electron chi connectivity index (χ1n) is 8.12. The number of hydrogen-bond donors (Lipinski definition) is 1. The third-order valence-electron chi connectivity index (χ3n) is 4.26. The van der Waals surface area contributed by atoms with Crippen LogP contribution in [0.1, 0.15) is 11.3 Å². The first kappa shape index (κ1) is 16.1. The molecule has 0 spiro atoms. The number of nitrogens with one attached hydrogen (secondary N) is 1. The number of aromatic nitrogens is 1. The van der Waals surface area contributed by atoms with Gasteiger partial charge in [-0.15, -0.1) is 0 Å². The van der Waals surface area contributed by atoms with Crippen LogP contribution in [0.4, 0.5) is 5.69 Å². The van der Waals surface area contributed by atoms with E-state index < -0.39 is 0 Å². The molecule has 0 bridgehead atoms. The van der Waals surface area contributed by atoms with Crippen molar-refractivity contribution in [2.24, 2.45) is 0 Å². The molecule has 1 heterocycles. The molecular formula is C20H23N3O. The molecule has 0 atom stereocenters. The first-order valence-corrected chi connectivity index (χ1v) is 8.12. The van der Waals surface area contributed by atoms with E-state index in [0.717, 1.165) is 22.5 Å². The van der Waals surface area contributed by atoms with Gasteiger partial charge in [0.05, 0.1) is 0 Å². The Morgan fingerprint density at radius 3 is 2.50 bits per heavy atom. The average Bonchev–Trinajstić information content (AvgIpc) is 2.89. The minimum atomic E-state index is 0.0242. The summed E-state index contributed by atoms with van der Waals surface area (Å²) >= 11 is 0. The van der Waals surface area contributed by atoms with Crippen molar-refractivity contribution in [3.63, 3.8) is 0 Å². The van der Waals surface area contributed by atoms with Crippen LogP contribution >= 0.6 is 0 Å². The molecule has 0 saturated heterocycles. The highest BCUT2D eigenvalue weighted by Gasteiger charge is 2.09. The average molecular weight is 321 g/mol. The van der Waals surface area contributed by atoms with Crippen molar-refractivity contribution in [3.05, 3.63) is 65.9 Å². The molecule has 1 N–H and O–H groups in total. The van der Waals surface area contributed by atoms with E-state index in [2.05, 4.69) is 45.1 Å². The van der Waals surface area contributed by atoms with Gasteiger partial charge in [-0.1, -0.05) is 30.3 Å². The maximum absolute atomic E-state index is 12.3. The zero-order valence-electron chi connectivity index (χ0n) is 14.4. The lowest BCUT2D eigenvalue weighted by molar-refractivity contribution is -0.121. The van der Waals surface area contributed by atoms with Crippen LogP contribution in [0.5, 0.6) is 0 Å². The number of amides is 1. The Morgan fingerprint density at radius 1 is 1.08 bits per heavy atom. The van der Waals surface area contributed by atoms with E-state index >= 15 is 0 Å². The number of hydrogen-bond acceptors (Lipinski definition) is 2. The minimum absolute atomic E-state index is 0.0242. The number of fused-ring (bicyclic) bond motifs is 1. The van der Waals surface area contributed by atoms with Gasteiger partial charge in [-0.25, -0.2) is 0 Å². The molecule has 3 rings (SSSR count). The minimum Gasteiger partial charge on any atom is -0.378 e. The van der Waals surface area contributed by atoms with E-state index in [1.54, 1.807) is 0 Å². The Kier molecular flexibility index (Phi) is 4.56. The van der Waals surface area contributed by atoms with Gasteiger partial charge in [0, 0.05) is 37.5 Å². The lowest BCUT2D eigenvalue weighted by Gasteiger charge is -2.13. The Bertz CT molecular complexity index is 847. The SMILES string of the molecule is Cc1cc2ccccc2n1CC(=O)NCc1ccc(N(C)C)cc1. The molecule has 0 fully saturated rings. The zero-order valence-corrected chi connectivity index (χ0v) is 14.4. The summed E-state index contributed by atoms with van der Waals surface area (Å²) in [6.45, 7) is 2.92. The van der Waals surface area contributed by atoms with E-state index in [1.807, 2.05) is 45.3 Å². The molecule has 0 radical (unpaired) electrons. The van der Waals surface area contributed by atoms with Gasteiger partial charge in [-0.05, 0) is 42.1 Å². The molecule has 0 aliphatic rings. The summed E-state index contributed by atoms with van der Waals surface area (Å²) in [7, 11) is 4.03. The number of aryl methyl sites for hydroxylation is 1. The van der Waals surface area contributed by atoms with Crippen LogP contribution in [0.15, 0.2) is 54.6 Å². The van der Waals surface area contributed by atoms with Crippen LogP contribution in [0.3, 0.4) is 0 Å². The van der Waals surface area contributed by atoms with Gasteiger partial charge in [0.25, 0.3) is 0 Å². The molecule has 0 aliphatic heterocycles. The summed E-state index contributed by atoms with van der Waals surface area (Å²) < 4.78 is 2.06. The highest BCUT2D eigenvalue weighted by atomic mass is 16.1. The number of carbonyl (C=O) groups is 1. The van der Waals surface area contributed by atoms with Crippen LogP contribution in [-0.2, 0) is 17.9 Å². The predicted molar refractivity (Wildman–Crippen MR) is 99.3 cm³/mol. The predicted octanol–water partition coefficient (Wildman–Crippen LogP) is 3.33. The molecule has 124 valence electrons. The van der Waals surface area contributed by atoms with Crippen molar-refractivity contribution in [3.8, 4) is 0 Å². The Hall–Kier alpha value is -2.75. The monoisotopic (exact) mass is 321 g/mol. The van der Waals surface area contributed by atoms with Gasteiger partial charge in [0.15, 0.2) is 0 Å². The van der Waals surface area contributed by atoms with Gasteiger partial charge >= 0.3 is 0 Å². The second-order valence-corrected chi connectivity index (χ2v) is 6.27. The molecule has 3 aromatic rings. The number of para-hydroxylation sites is 1. The van der Waals surface area contributed by atoms with Crippen LogP contribution in [-0.4, -0.2) is 24.6 Å². The number of anilines is 1. The third kappa shape index (κ3) is 3.43. The van der Waals surface area contributed by atoms with Gasteiger partial charge in [-0.2, -0.15) is 0 Å². The normalized spacial score (nSPS) is 10.8. The number of nitrogens with zero attached hydrogens (tertiary/aromatic N) is 2. The van der Waals surface area contributed by atoms with E-state index in [1.165, 1.54) is 5.39 Å². The summed E-state index contributed by atoms with van der Waals surface area (Å²) in [5.74, 6) is 0.0242. The van der Waals surface area contributed by atoms with Crippen LogP contribution in [0.2, 0.25) is 0 Å². The van der Waals surface area contributed by atoms with E-state index in [4.69, 9.17) is 0 Å². The van der Waals surface area contributed by atoms with Gasteiger partial charge in [0.1, 0.15) is 6.54 Å². The molecule has 0 unspecified atom stereocenters. The molecule has 2 aromatic carbocycles. The number of carbonyl (C=O) groups excluding carboxylic acids is 1. The second kappa shape index (κ2) is 6.79. The summed E-state index contributed by atoms with van der Waals surface area (Å²) in [5.41, 5.74) is 4.45. The summed E-state index contributed by atoms with van der Waals surface area (Å²) in [6.07, 6.45) is 0. The molecule has 4 heteroatoms. The quantitative estimate of drug-likeness (QED) is 0.782. The molecule has 1 amide bonds. The van der Waals surface area contributed by atoms with E-state index in [0.29, 0.717) is 13.1 Å². The first-order chi connectivity index (χ1) is 11.5. The fourth-order valence-corrected chi connectivity index (χ4v) is 2.87.